The molecular formula is C34H66O8. The molecule has 1 aliphatic heterocycles. The Balaban J connectivity index is 2.38. The highest BCUT2D eigenvalue weighted by atomic mass is 16.7. The molecule has 1 aliphatic rings. The van der Waals surface area contributed by atoms with E-state index in [0.717, 1.165) is 38.5 Å². The second kappa shape index (κ2) is 25.5. The third-order valence-corrected chi connectivity index (χ3v) is 8.48. The zero-order chi connectivity index (χ0) is 31.0. The van der Waals surface area contributed by atoms with Gasteiger partial charge >= 0.3 is 5.97 Å². The first kappa shape index (κ1) is 39.3. The minimum atomic E-state index is -1.43. The van der Waals surface area contributed by atoms with E-state index >= 15 is 0 Å². The quantitative estimate of drug-likeness (QED) is 0.0447. The van der Waals surface area contributed by atoms with Gasteiger partial charge in [-0.25, -0.2) is 0 Å². The molecule has 0 aromatic carbocycles. The van der Waals surface area contributed by atoms with Gasteiger partial charge in [0.2, 0.25) is 6.29 Å². The fourth-order valence-corrected chi connectivity index (χ4v) is 5.64. The Morgan fingerprint density at radius 3 is 1.55 bits per heavy atom. The van der Waals surface area contributed by atoms with Crippen molar-refractivity contribution in [3.8, 4) is 0 Å². The second-order valence-corrected chi connectivity index (χ2v) is 12.5. The maximum Gasteiger partial charge on any atom is 0.310 e. The number of esters is 1. The predicted octanol–water partition coefficient (Wildman–Crippen LogP) is 7.07. The first-order chi connectivity index (χ1) is 20.3. The summed E-state index contributed by atoms with van der Waals surface area (Å²) >= 11 is 0. The molecule has 0 saturated carbocycles. The molecule has 0 spiro atoms. The summed E-state index contributed by atoms with van der Waals surface area (Å²) in [5.74, 6) is -0.551. The monoisotopic (exact) mass is 602 g/mol. The highest BCUT2D eigenvalue weighted by molar-refractivity contribution is 5.70. The number of aliphatic hydroxyl groups excluding tert-OH is 4. The molecule has 8 heteroatoms. The van der Waals surface area contributed by atoms with Gasteiger partial charge in [-0.05, 0) is 19.8 Å². The maximum absolute atomic E-state index is 12.7. The number of ether oxygens (including phenoxy) is 3. The van der Waals surface area contributed by atoms with Crippen molar-refractivity contribution in [1.82, 2.24) is 0 Å². The Labute approximate surface area is 256 Å². The van der Waals surface area contributed by atoms with E-state index in [2.05, 4.69) is 13.8 Å². The lowest BCUT2D eigenvalue weighted by Gasteiger charge is -2.40. The van der Waals surface area contributed by atoms with E-state index in [0.29, 0.717) is 12.8 Å². The minimum absolute atomic E-state index is 0.0774. The summed E-state index contributed by atoms with van der Waals surface area (Å²) in [6.07, 6.45) is 17.1. The predicted molar refractivity (Wildman–Crippen MR) is 167 cm³/mol. The van der Waals surface area contributed by atoms with Crippen LogP contribution >= 0.6 is 0 Å². The molecule has 0 radical (unpaired) electrons. The van der Waals surface area contributed by atoms with Crippen molar-refractivity contribution < 1.29 is 39.4 Å². The Bertz CT molecular complexity index is 633. The van der Waals surface area contributed by atoms with Gasteiger partial charge < -0.3 is 34.6 Å². The molecule has 250 valence electrons. The molecule has 0 aliphatic carbocycles. The number of hydrogen-bond donors (Lipinski definition) is 4. The van der Waals surface area contributed by atoms with Gasteiger partial charge in [0.25, 0.3) is 0 Å². The minimum Gasteiger partial charge on any atom is -0.436 e. The highest BCUT2D eigenvalue weighted by Crippen LogP contribution is 2.25. The van der Waals surface area contributed by atoms with E-state index in [9.17, 15) is 25.2 Å². The highest BCUT2D eigenvalue weighted by Gasteiger charge is 2.43. The number of aliphatic hydroxyl groups is 4. The van der Waals surface area contributed by atoms with Crippen molar-refractivity contribution in [2.45, 2.75) is 212 Å². The molecule has 0 bridgehead atoms. The lowest BCUT2D eigenvalue weighted by molar-refractivity contribution is -0.304. The average molecular weight is 603 g/mol. The van der Waals surface area contributed by atoms with Crippen molar-refractivity contribution in [3.05, 3.63) is 0 Å². The first-order valence-corrected chi connectivity index (χ1v) is 17.5. The molecule has 4 N–H and O–H groups in total. The SMILES string of the molecule is CCCCCCCCCCCCC[C@H](O)OC(=O)C[C@@H](CCCCCCCCCCC)O[C@@H]1OC(C)[C@H](O)[C@H](O)C1O. The van der Waals surface area contributed by atoms with Gasteiger partial charge in [-0.15, -0.1) is 0 Å². The van der Waals surface area contributed by atoms with Gasteiger partial charge in [0, 0.05) is 6.42 Å². The third kappa shape index (κ3) is 18.8. The molecule has 0 aromatic heterocycles. The van der Waals surface area contributed by atoms with Crippen LogP contribution in [0, 0.1) is 0 Å². The Hall–Kier alpha value is -0.770. The van der Waals surface area contributed by atoms with Crippen LogP contribution in [0.25, 0.3) is 0 Å². The summed E-state index contributed by atoms with van der Waals surface area (Å²) in [5, 5.41) is 40.8. The van der Waals surface area contributed by atoms with Crippen LogP contribution in [0.1, 0.15) is 168 Å². The maximum atomic E-state index is 12.7. The Morgan fingerprint density at radius 1 is 0.643 bits per heavy atom. The van der Waals surface area contributed by atoms with Crippen LogP contribution in [0.5, 0.6) is 0 Å². The van der Waals surface area contributed by atoms with Crippen LogP contribution in [0.15, 0.2) is 0 Å². The van der Waals surface area contributed by atoms with Gasteiger partial charge in [-0.2, -0.15) is 0 Å². The third-order valence-electron chi connectivity index (χ3n) is 8.48. The van der Waals surface area contributed by atoms with Gasteiger partial charge in [-0.1, -0.05) is 136 Å². The zero-order valence-electron chi connectivity index (χ0n) is 27.2. The first-order valence-electron chi connectivity index (χ1n) is 17.5. The average Bonchev–Trinajstić information content (AvgIpc) is 2.96. The number of hydrogen-bond acceptors (Lipinski definition) is 8. The summed E-state index contributed by atoms with van der Waals surface area (Å²) in [5.41, 5.74) is 0. The molecule has 7 atom stereocenters. The fourth-order valence-electron chi connectivity index (χ4n) is 5.64. The van der Waals surface area contributed by atoms with E-state index in [4.69, 9.17) is 14.2 Å². The molecule has 0 amide bonds. The number of unbranched alkanes of at least 4 members (excludes halogenated alkanes) is 18. The van der Waals surface area contributed by atoms with Crippen molar-refractivity contribution in [2.75, 3.05) is 0 Å². The van der Waals surface area contributed by atoms with E-state index in [1.165, 1.54) is 89.9 Å². The smallest absolute Gasteiger partial charge is 0.310 e. The molecule has 2 unspecified atom stereocenters. The van der Waals surface area contributed by atoms with Gasteiger partial charge in [-0.3, -0.25) is 4.79 Å². The van der Waals surface area contributed by atoms with Crippen LogP contribution in [0.3, 0.4) is 0 Å². The molecule has 1 saturated heterocycles. The molecule has 1 fully saturated rings. The molecule has 1 rings (SSSR count). The van der Waals surface area contributed by atoms with Crippen LogP contribution in [-0.2, 0) is 19.0 Å². The molecule has 0 aromatic rings. The summed E-state index contributed by atoms with van der Waals surface area (Å²) in [6, 6.07) is 0. The van der Waals surface area contributed by atoms with Crippen molar-refractivity contribution in [1.29, 1.82) is 0 Å². The van der Waals surface area contributed by atoms with Crippen molar-refractivity contribution in [2.24, 2.45) is 0 Å². The molecule has 8 nitrogen and oxygen atoms in total. The number of rotatable bonds is 27. The molecule has 1 heterocycles. The van der Waals surface area contributed by atoms with Crippen LogP contribution in [0.4, 0.5) is 0 Å². The summed E-state index contributed by atoms with van der Waals surface area (Å²) in [4.78, 5) is 12.7. The van der Waals surface area contributed by atoms with Gasteiger partial charge in [0.15, 0.2) is 6.29 Å². The van der Waals surface area contributed by atoms with Gasteiger partial charge in [0.1, 0.15) is 18.3 Å². The number of carbonyl (C=O) groups is 1. The fraction of sp³-hybridized carbons (Fsp3) is 0.971. The van der Waals surface area contributed by atoms with Crippen LogP contribution in [-0.4, -0.2) is 69.5 Å². The Kier molecular flexibility index (Phi) is 23.9. The lowest BCUT2D eigenvalue weighted by Crippen LogP contribution is -2.58. The Morgan fingerprint density at radius 2 is 1.07 bits per heavy atom. The topological polar surface area (TPSA) is 126 Å². The van der Waals surface area contributed by atoms with E-state index < -0.39 is 49.1 Å². The van der Waals surface area contributed by atoms with E-state index in [1.807, 2.05) is 0 Å². The summed E-state index contributed by atoms with van der Waals surface area (Å²) in [7, 11) is 0. The molecular weight excluding hydrogens is 536 g/mol. The summed E-state index contributed by atoms with van der Waals surface area (Å²) in [6.45, 7) is 6.06. The van der Waals surface area contributed by atoms with Crippen molar-refractivity contribution >= 4 is 5.97 Å². The van der Waals surface area contributed by atoms with Crippen LogP contribution < -0.4 is 0 Å². The van der Waals surface area contributed by atoms with E-state index in [-0.39, 0.29) is 6.42 Å². The molecule has 42 heavy (non-hydrogen) atoms. The van der Waals surface area contributed by atoms with Gasteiger partial charge in [0.05, 0.1) is 18.6 Å². The van der Waals surface area contributed by atoms with E-state index in [1.54, 1.807) is 6.92 Å². The zero-order valence-corrected chi connectivity index (χ0v) is 27.2. The number of carbonyl (C=O) groups excluding carboxylic acids is 1. The second-order valence-electron chi connectivity index (χ2n) is 12.5. The standard InChI is InChI=1S/C34H66O8/c1-4-6-8-10-12-14-15-17-19-21-23-25-29(35)42-30(36)26-28(24-22-20-18-16-13-11-9-7-5-2)41-34-33(39)32(38)31(37)27(3)40-34/h27-29,31-35,37-39H,4-26H2,1-3H3/t27?,28-,29-,31+,32+,33?,34+/m1/s1. The largest absolute Gasteiger partial charge is 0.436 e. The van der Waals surface area contributed by atoms with Crippen molar-refractivity contribution in [3.63, 3.8) is 0 Å². The normalized spacial score (nSPS) is 24.0. The lowest BCUT2D eigenvalue weighted by atomic mass is 9.99. The summed E-state index contributed by atoms with van der Waals surface area (Å²) < 4.78 is 16.9. The van der Waals surface area contributed by atoms with Crippen LogP contribution in [0.2, 0.25) is 0 Å².